The van der Waals surface area contributed by atoms with Crippen molar-refractivity contribution in [2.75, 3.05) is 38.2 Å². The van der Waals surface area contributed by atoms with Gasteiger partial charge in [-0.1, -0.05) is 40.0 Å². The van der Waals surface area contributed by atoms with E-state index in [0.29, 0.717) is 6.61 Å². The molecule has 1 N–H and O–H groups in total. The van der Waals surface area contributed by atoms with E-state index in [0.717, 1.165) is 56.1 Å². The lowest BCUT2D eigenvalue weighted by Gasteiger charge is -2.21. The Balaban J connectivity index is 2.40. The summed E-state index contributed by atoms with van der Waals surface area (Å²) in [7, 11) is 0. The van der Waals surface area contributed by atoms with Crippen LogP contribution in [-0.4, -0.2) is 43.8 Å². The Kier molecular flexibility index (Phi) is 12.4. The second kappa shape index (κ2) is 14.3. The molecule has 5 nitrogen and oxygen atoms in total. The number of nitrogens with zero attached hydrogens (tertiary/aromatic N) is 1. The molecule has 0 aromatic heterocycles. The van der Waals surface area contributed by atoms with Crippen molar-refractivity contribution < 1.29 is 14.3 Å². The number of anilines is 1. The maximum absolute atomic E-state index is 12.1. The van der Waals surface area contributed by atoms with Gasteiger partial charge in [0.05, 0.1) is 6.61 Å². The van der Waals surface area contributed by atoms with Gasteiger partial charge in [-0.05, 0) is 63.0 Å². The molecule has 0 radical (unpaired) electrons. The normalized spacial score (nSPS) is 10.9. The van der Waals surface area contributed by atoms with Crippen molar-refractivity contribution in [3.63, 3.8) is 0 Å². The zero-order valence-corrected chi connectivity index (χ0v) is 17.7. The molecule has 0 aliphatic heterocycles. The Morgan fingerprint density at radius 2 is 1.63 bits per heavy atom. The Bertz CT molecular complexity index is 526. The largest absolute Gasteiger partial charge is 0.494 e. The van der Waals surface area contributed by atoms with E-state index in [1.54, 1.807) is 0 Å². The zero-order chi connectivity index (χ0) is 19.9. The summed E-state index contributed by atoms with van der Waals surface area (Å²) < 4.78 is 11.1. The number of nitrogens with one attached hydrogen (secondary N) is 1. The lowest BCUT2D eigenvalue weighted by Crippen LogP contribution is -2.31. The highest BCUT2D eigenvalue weighted by atomic mass is 16.5. The molecule has 1 aromatic carbocycles. The first-order valence-corrected chi connectivity index (χ1v) is 10.5. The van der Waals surface area contributed by atoms with E-state index in [1.165, 1.54) is 25.7 Å². The van der Waals surface area contributed by atoms with Crippen LogP contribution in [0, 0.1) is 6.92 Å². The van der Waals surface area contributed by atoms with Crippen molar-refractivity contribution >= 4 is 11.8 Å². The molecular formula is C22H38N2O3. The van der Waals surface area contributed by atoms with Gasteiger partial charge in [-0.15, -0.1) is 0 Å². The number of carbonyl (C=O) groups is 1. The monoisotopic (exact) mass is 378 g/mol. The number of ether oxygens (including phenoxy) is 2. The van der Waals surface area contributed by atoms with Gasteiger partial charge in [-0.2, -0.15) is 0 Å². The second-order valence-electron chi connectivity index (χ2n) is 6.99. The Morgan fingerprint density at radius 3 is 2.22 bits per heavy atom. The molecular weight excluding hydrogens is 340 g/mol. The molecule has 1 amide bonds. The molecule has 0 atom stereocenters. The van der Waals surface area contributed by atoms with Gasteiger partial charge < -0.3 is 9.47 Å². The summed E-state index contributed by atoms with van der Waals surface area (Å²) >= 11 is 0. The van der Waals surface area contributed by atoms with Crippen LogP contribution in [0.3, 0.4) is 0 Å². The SMILES string of the molecule is CCCCOc1ccc(NC(=O)OCCN(CCCC)CCCC)c(C)c1. The lowest BCUT2D eigenvalue weighted by molar-refractivity contribution is 0.138. The van der Waals surface area contributed by atoms with Crippen molar-refractivity contribution in [3.05, 3.63) is 23.8 Å². The van der Waals surface area contributed by atoms with Crippen molar-refractivity contribution in [1.82, 2.24) is 4.90 Å². The van der Waals surface area contributed by atoms with Crippen LogP contribution in [0.4, 0.5) is 10.5 Å². The van der Waals surface area contributed by atoms with E-state index in [-0.39, 0.29) is 0 Å². The first-order chi connectivity index (χ1) is 13.1. The summed E-state index contributed by atoms with van der Waals surface area (Å²) in [5, 5.41) is 2.83. The van der Waals surface area contributed by atoms with Crippen LogP contribution in [0.5, 0.6) is 5.75 Å². The topological polar surface area (TPSA) is 50.8 Å². The first-order valence-electron chi connectivity index (χ1n) is 10.5. The molecule has 0 aliphatic rings. The molecule has 5 heteroatoms. The third-order valence-corrected chi connectivity index (χ3v) is 4.50. The summed E-state index contributed by atoms with van der Waals surface area (Å²) in [6, 6.07) is 5.70. The number of hydrogen-bond donors (Lipinski definition) is 1. The van der Waals surface area contributed by atoms with Gasteiger partial charge in [0.1, 0.15) is 12.4 Å². The number of benzene rings is 1. The average molecular weight is 379 g/mol. The number of hydrogen-bond acceptors (Lipinski definition) is 4. The molecule has 154 valence electrons. The summed E-state index contributed by atoms with van der Waals surface area (Å²) in [6.45, 7) is 12.6. The minimum absolute atomic E-state index is 0.399. The van der Waals surface area contributed by atoms with Crippen molar-refractivity contribution in [3.8, 4) is 5.75 Å². The van der Waals surface area contributed by atoms with E-state index in [9.17, 15) is 4.79 Å². The maximum Gasteiger partial charge on any atom is 0.411 e. The standard InChI is InChI=1S/C22H38N2O3/c1-5-8-13-24(14-9-6-2)15-17-27-22(25)23-21-12-11-20(18-19(21)4)26-16-10-7-3/h11-12,18H,5-10,13-17H2,1-4H3,(H,23,25). The number of carbonyl (C=O) groups excluding carboxylic acids is 1. The number of rotatable bonds is 14. The van der Waals surface area contributed by atoms with Gasteiger partial charge in [0.2, 0.25) is 0 Å². The summed E-state index contributed by atoms with van der Waals surface area (Å²) in [6.07, 6.45) is 6.48. The van der Waals surface area contributed by atoms with Crippen molar-refractivity contribution in [1.29, 1.82) is 0 Å². The third-order valence-electron chi connectivity index (χ3n) is 4.50. The van der Waals surface area contributed by atoms with Crippen molar-refractivity contribution in [2.24, 2.45) is 0 Å². The molecule has 0 spiro atoms. The zero-order valence-electron chi connectivity index (χ0n) is 17.7. The fraction of sp³-hybridized carbons (Fsp3) is 0.682. The molecule has 0 saturated heterocycles. The Hall–Kier alpha value is -1.75. The summed E-state index contributed by atoms with van der Waals surface area (Å²) in [5.41, 5.74) is 1.73. The quantitative estimate of drug-likeness (QED) is 0.427. The Labute approximate surface area is 165 Å². The predicted molar refractivity (Wildman–Crippen MR) is 113 cm³/mol. The van der Waals surface area contributed by atoms with Gasteiger partial charge in [-0.25, -0.2) is 4.79 Å². The van der Waals surface area contributed by atoms with Crippen LogP contribution >= 0.6 is 0 Å². The molecule has 0 heterocycles. The first kappa shape index (κ1) is 23.3. The fourth-order valence-electron chi connectivity index (χ4n) is 2.71. The highest BCUT2D eigenvalue weighted by Crippen LogP contribution is 2.21. The van der Waals surface area contributed by atoms with Gasteiger partial charge in [0.25, 0.3) is 0 Å². The highest BCUT2D eigenvalue weighted by molar-refractivity contribution is 5.85. The minimum Gasteiger partial charge on any atom is -0.494 e. The van der Waals surface area contributed by atoms with Crippen LogP contribution in [0.25, 0.3) is 0 Å². The van der Waals surface area contributed by atoms with Gasteiger partial charge >= 0.3 is 6.09 Å². The van der Waals surface area contributed by atoms with E-state index in [1.807, 2.05) is 25.1 Å². The molecule has 0 bridgehead atoms. The fourth-order valence-corrected chi connectivity index (χ4v) is 2.71. The van der Waals surface area contributed by atoms with Crippen LogP contribution in [0.15, 0.2) is 18.2 Å². The third kappa shape index (κ3) is 10.2. The van der Waals surface area contributed by atoms with Gasteiger partial charge in [0, 0.05) is 12.2 Å². The molecule has 1 rings (SSSR count). The van der Waals surface area contributed by atoms with Gasteiger partial charge in [0.15, 0.2) is 0 Å². The molecule has 0 unspecified atom stereocenters. The van der Waals surface area contributed by atoms with Crippen LogP contribution in [-0.2, 0) is 4.74 Å². The number of aryl methyl sites for hydroxylation is 1. The lowest BCUT2D eigenvalue weighted by atomic mass is 10.2. The predicted octanol–water partition coefficient (Wildman–Crippen LogP) is 5.62. The number of unbranched alkanes of at least 4 members (excludes halogenated alkanes) is 3. The molecule has 0 aliphatic carbocycles. The maximum atomic E-state index is 12.1. The minimum atomic E-state index is -0.399. The number of amides is 1. The summed E-state index contributed by atoms with van der Waals surface area (Å²) in [5.74, 6) is 0.836. The van der Waals surface area contributed by atoms with E-state index >= 15 is 0 Å². The van der Waals surface area contributed by atoms with Crippen LogP contribution in [0.2, 0.25) is 0 Å². The second-order valence-corrected chi connectivity index (χ2v) is 6.99. The van der Waals surface area contributed by atoms with E-state index in [4.69, 9.17) is 9.47 Å². The average Bonchev–Trinajstić information content (AvgIpc) is 2.66. The molecule has 0 saturated carbocycles. The van der Waals surface area contributed by atoms with Gasteiger partial charge in [-0.3, -0.25) is 10.2 Å². The van der Waals surface area contributed by atoms with E-state index < -0.39 is 6.09 Å². The van der Waals surface area contributed by atoms with Crippen LogP contribution in [0.1, 0.15) is 64.9 Å². The molecule has 0 fully saturated rings. The summed E-state index contributed by atoms with van der Waals surface area (Å²) in [4.78, 5) is 14.5. The van der Waals surface area contributed by atoms with E-state index in [2.05, 4.69) is 31.0 Å². The smallest absolute Gasteiger partial charge is 0.411 e. The molecule has 27 heavy (non-hydrogen) atoms. The van der Waals surface area contributed by atoms with Crippen molar-refractivity contribution in [2.45, 2.75) is 66.2 Å². The Morgan fingerprint density at radius 1 is 0.963 bits per heavy atom. The molecule has 1 aromatic rings. The highest BCUT2D eigenvalue weighted by Gasteiger charge is 2.09. The van der Waals surface area contributed by atoms with Crippen LogP contribution < -0.4 is 10.1 Å².